The summed E-state index contributed by atoms with van der Waals surface area (Å²) in [4.78, 5) is 11.6. The van der Waals surface area contributed by atoms with Gasteiger partial charge in [0.1, 0.15) is 6.10 Å². The maximum Gasteiger partial charge on any atom is 0.305 e. The first-order chi connectivity index (χ1) is 11.7. The first kappa shape index (κ1) is 18.3. The Hall–Kier alpha value is -0.530. The second kappa shape index (κ2) is 8.72. The highest BCUT2D eigenvalue weighted by Gasteiger charge is 2.44. The largest absolute Gasteiger partial charge is 0.462 e. The van der Waals surface area contributed by atoms with Gasteiger partial charge in [-0.3, -0.25) is 4.79 Å². The molecule has 0 heterocycles. The van der Waals surface area contributed by atoms with Crippen LogP contribution in [0.2, 0.25) is 0 Å². The Kier molecular flexibility index (Phi) is 6.63. The predicted octanol–water partition coefficient (Wildman–Crippen LogP) is 6.13. The van der Waals surface area contributed by atoms with E-state index >= 15 is 0 Å². The SMILES string of the molecule is CCCCCC1CCC2C(CCC3CC(OC(=O)CC)CCC32)C1. The van der Waals surface area contributed by atoms with Gasteiger partial charge in [0.05, 0.1) is 0 Å². The molecule has 3 aliphatic rings. The van der Waals surface area contributed by atoms with Crippen molar-refractivity contribution in [2.45, 2.75) is 103 Å². The van der Waals surface area contributed by atoms with Gasteiger partial charge < -0.3 is 4.74 Å². The second-order valence-electron chi connectivity index (χ2n) is 8.88. The third kappa shape index (κ3) is 4.35. The van der Waals surface area contributed by atoms with Crippen molar-refractivity contribution in [3.05, 3.63) is 0 Å². The molecule has 0 aromatic rings. The van der Waals surface area contributed by atoms with Crippen molar-refractivity contribution in [2.75, 3.05) is 0 Å². The first-order valence-electron chi connectivity index (χ1n) is 10.9. The van der Waals surface area contributed by atoms with Gasteiger partial charge in [0.2, 0.25) is 0 Å². The number of esters is 1. The Morgan fingerprint density at radius 2 is 1.58 bits per heavy atom. The van der Waals surface area contributed by atoms with Crippen LogP contribution >= 0.6 is 0 Å². The summed E-state index contributed by atoms with van der Waals surface area (Å²) >= 11 is 0. The highest BCUT2D eigenvalue weighted by Crippen LogP contribution is 2.53. The summed E-state index contributed by atoms with van der Waals surface area (Å²) in [6.07, 6.45) is 17.4. The molecular weight excluding hydrogens is 296 g/mol. The zero-order valence-electron chi connectivity index (χ0n) is 16.0. The minimum atomic E-state index is -0.000256. The van der Waals surface area contributed by atoms with Crippen molar-refractivity contribution in [1.82, 2.24) is 0 Å². The summed E-state index contributed by atoms with van der Waals surface area (Å²) in [5.74, 6) is 4.81. The molecule has 2 nitrogen and oxygen atoms in total. The van der Waals surface area contributed by atoms with Crippen LogP contribution in [-0.4, -0.2) is 12.1 Å². The smallest absolute Gasteiger partial charge is 0.305 e. The van der Waals surface area contributed by atoms with E-state index in [0.717, 1.165) is 42.4 Å². The molecule has 0 aromatic carbocycles. The number of carbonyl (C=O) groups is 1. The highest BCUT2D eigenvalue weighted by molar-refractivity contribution is 5.69. The van der Waals surface area contributed by atoms with Crippen LogP contribution in [0, 0.1) is 29.6 Å². The minimum absolute atomic E-state index is 0.000256. The van der Waals surface area contributed by atoms with Gasteiger partial charge in [-0.05, 0) is 74.5 Å². The average molecular weight is 335 g/mol. The van der Waals surface area contributed by atoms with Gasteiger partial charge in [-0.1, -0.05) is 46.0 Å². The summed E-state index contributed by atoms with van der Waals surface area (Å²) in [5, 5.41) is 0. The number of rotatable bonds is 6. The molecule has 0 N–H and O–H groups in total. The maximum absolute atomic E-state index is 11.6. The Bertz CT molecular complexity index is 405. The molecule has 3 rings (SSSR count). The van der Waals surface area contributed by atoms with Crippen LogP contribution in [-0.2, 0) is 9.53 Å². The van der Waals surface area contributed by atoms with Crippen LogP contribution < -0.4 is 0 Å². The second-order valence-corrected chi connectivity index (χ2v) is 8.88. The summed E-state index contributed by atoms with van der Waals surface area (Å²) < 4.78 is 5.66. The number of unbranched alkanes of at least 4 members (excludes halogenated alkanes) is 2. The van der Waals surface area contributed by atoms with Gasteiger partial charge in [-0.2, -0.15) is 0 Å². The van der Waals surface area contributed by atoms with Crippen molar-refractivity contribution in [1.29, 1.82) is 0 Å². The Morgan fingerprint density at radius 1 is 0.875 bits per heavy atom. The molecule has 0 bridgehead atoms. The average Bonchev–Trinajstić information content (AvgIpc) is 2.61. The Morgan fingerprint density at radius 3 is 2.29 bits per heavy atom. The summed E-state index contributed by atoms with van der Waals surface area (Å²) in [5.41, 5.74) is 0. The standard InChI is InChI=1S/C22H38O2/c1-3-5-6-7-16-8-12-20-17(14-16)9-10-18-15-19(11-13-21(18)20)24-22(23)4-2/h16-21H,3-15H2,1-2H3. The van der Waals surface area contributed by atoms with E-state index in [9.17, 15) is 4.79 Å². The molecule has 0 aliphatic heterocycles. The number of hydrogen-bond acceptors (Lipinski definition) is 2. The monoisotopic (exact) mass is 334 g/mol. The normalized spacial score (nSPS) is 38.9. The third-order valence-corrected chi connectivity index (χ3v) is 7.40. The number of hydrogen-bond donors (Lipinski definition) is 0. The van der Waals surface area contributed by atoms with Gasteiger partial charge in [-0.25, -0.2) is 0 Å². The molecular formula is C22H38O2. The van der Waals surface area contributed by atoms with Gasteiger partial charge in [0.25, 0.3) is 0 Å². The molecule has 3 aliphatic carbocycles. The lowest BCUT2D eigenvalue weighted by atomic mass is 9.56. The molecule has 6 unspecified atom stereocenters. The molecule has 3 fully saturated rings. The number of fused-ring (bicyclic) bond motifs is 3. The van der Waals surface area contributed by atoms with E-state index in [4.69, 9.17) is 4.74 Å². The van der Waals surface area contributed by atoms with E-state index in [1.165, 1.54) is 64.2 Å². The van der Waals surface area contributed by atoms with Crippen LogP contribution in [0.3, 0.4) is 0 Å². The molecule has 0 saturated heterocycles. The first-order valence-corrected chi connectivity index (χ1v) is 10.9. The van der Waals surface area contributed by atoms with Gasteiger partial charge in [0.15, 0.2) is 0 Å². The summed E-state index contributed by atoms with van der Waals surface area (Å²) in [7, 11) is 0. The summed E-state index contributed by atoms with van der Waals surface area (Å²) in [6, 6.07) is 0. The fraction of sp³-hybridized carbons (Fsp3) is 0.955. The minimum Gasteiger partial charge on any atom is -0.462 e. The van der Waals surface area contributed by atoms with Crippen LogP contribution in [0.25, 0.3) is 0 Å². The lowest BCUT2D eigenvalue weighted by Crippen LogP contribution is -2.43. The molecule has 138 valence electrons. The molecule has 0 aromatic heterocycles. The molecule has 3 saturated carbocycles. The zero-order valence-corrected chi connectivity index (χ0v) is 16.0. The van der Waals surface area contributed by atoms with Crippen molar-refractivity contribution in [2.24, 2.45) is 29.6 Å². The van der Waals surface area contributed by atoms with E-state index in [-0.39, 0.29) is 12.1 Å². The van der Waals surface area contributed by atoms with E-state index in [1.54, 1.807) is 0 Å². The Labute approximate surface area is 149 Å². The predicted molar refractivity (Wildman–Crippen MR) is 98.7 cm³/mol. The van der Waals surface area contributed by atoms with Crippen LogP contribution in [0.1, 0.15) is 97.3 Å². The third-order valence-electron chi connectivity index (χ3n) is 7.40. The van der Waals surface area contributed by atoms with E-state index in [0.29, 0.717) is 6.42 Å². The van der Waals surface area contributed by atoms with E-state index in [2.05, 4.69) is 6.92 Å². The maximum atomic E-state index is 11.6. The van der Waals surface area contributed by atoms with Gasteiger partial charge >= 0.3 is 5.97 Å². The molecule has 0 spiro atoms. The quantitative estimate of drug-likeness (QED) is 0.431. The molecule has 0 radical (unpaired) electrons. The van der Waals surface area contributed by atoms with Crippen molar-refractivity contribution in [3.8, 4) is 0 Å². The highest BCUT2D eigenvalue weighted by atomic mass is 16.5. The van der Waals surface area contributed by atoms with Crippen molar-refractivity contribution in [3.63, 3.8) is 0 Å². The Balaban J connectivity index is 1.49. The van der Waals surface area contributed by atoms with Gasteiger partial charge in [0, 0.05) is 6.42 Å². The van der Waals surface area contributed by atoms with E-state index in [1.807, 2.05) is 6.92 Å². The number of ether oxygens (including phenoxy) is 1. The van der Waals surface area contributed by atoms with Crippen LogP contribution in [0.5, 0.6) is 0 Å². The number of carbonyl (C=O) groups excluding carboxylic acids is 1. The molecule has 24 heavy (non-hydrogen) atoms. The lowest BCUT2D eigenvalue weighted by molar-refractivity contribution is -0.153. The zero-order chi connectivity index (χ0) is 16.9. The molecule has 6 atom stereocenters. The topological polar surface area (TPSA) is 26.3 Å². The van der Waals surface area contributed by atoms with Gasteiger partial charge in [-0.15, -0.1) is 0 Å². The van der Waals surface area contributed by atoms with Crippen molar-refractivity contribution >= 4 is 5.97 Å². The van der Waals surface area contributed by atoms with Crippen molar-refractivity contribution < 1.29 is 9.53 Å². The fourth-order valence-electron chi connectivity index (χ4n) is 6.17. The fourth-order valence-corrected chi connectivity index (χ4v) is 6.17. The van der Waals surface area contributed by atoms with Crippen LogP contribution in [0.4, 0.5) is 0 Å². The molecule has 0 amide bonds. The summed E-state index contributed by atoms with van der Waals surface area (Å²) in [6.45, 7) is 4.21. The lowest BCUT2D eigenvalue weighted by Gasteiger charge is -2.50. The van der Waals surface area contributed by atoms with E-state index < -0.39 is 0 Å². The van der Waals surface area contributed by atoms with Crippen LogP contribution in [0.15, 0.2) is 0 Å². The molecule has 2 heteroatoms.